The van der Waals surface area contributed by atoms with E-state index in [0.29, 0.717) is 0 Å². The van der Waals surface area contributed by atoms with Crippen molar-refractivity contribution in [3.8, 4) is 0 Å². The van der Waals surface area contributed by atoms with Crippen LogP contribution in [-0.4, -0.2) is 12.2 Å². The van der Waals surface area contributed by atoms with Gasteiger partial charge in [0.2, 0.25) is 0 Å². The average molecular weight is 205 g/mol. The lowest BCUT2D eigenvalue weighted by Crippen LogP contribution is -2.24. The zero-order chi connectivity index (χ0) is 11.1. The Morgan fingerprint density at radius 2 is 2.20 bits per heavy atom. The number of carbonyl (C=O) groups is 1. The molecule has 80 valence electrons. The van der Waals surface area contributed by atoms with Crippen LogP contribution in [-0.2, 0) is 6.42 Å². The van der Waals surface area contributed by atoms with Crippen molar-refractivity contribution in [2.75, 3.05) is 0 Å². The number of nitrogens with two attached hydrogens (primary N) is 1. The van der Waals surface area contributed by atoms with Gasteiger partial charge in [-0.15, -0.1) is 0 Å². The summed E-state index contributed by atoms with van der Waals surface area (Å²) in [5.41, 5.74) is 8.28. The third-order valence-corrected chi connectivity index (χ3v) is 1.90. The fraction of sp³-hybridized carbons (Fsp3) is 0.273. The molecule has 1 unspecified atom stereocenters. The molecule has 0 aromatic heterocycles. The highest BCUT2D eigenvalue weighted by atomic mass is 16.2. The van der Waals surface area contributed by atoms with Crippen LogP contribution in [0.4, 0.5) is 4.79 Å². The molecule has 0 bridgehead atoms. The fourth-order valence-electron chi connectivity index (χ4n) is 1.27. The summed E-state index contributed by atoms with van der Waals surface area (Å²) < 4.78 is 0. The van der Waals surface area contributed by atoms with Crippen LogP contribution in [0.15, 0.2) is 35.4 Å². The van der Waals surface area contributed by atoms with Crippen molar-refractivity contribution in [2.45, 2.75) is 13.3 Å². The highest BCUT2D eigenvalue weighted by Crippen LogP contribution is 2.05. The second kappa shape index (κ2) is 5.80. The van der Waals surface area contributed by atoms with Gasteiger partial charge in [-0.2, -0.15) is 5.10 Å². The Hall–Kier alpha value is -1.84. The van der Waals surface area contributed by atoms with Crippen LogP contribution in [0.25, 0.3) is 0 Å². The van der Waals surface area contributed by atoms with Crippen LogP contribution < -0.4 is 11.2 Å². The lowest BCUT2D eigenvalue weighted by Gasteiger charge is -2.04. The SMILES string of the molecule is CC(C=NNC(N)=O)Cc1ccccc1. The Labute approximate surface area is 89.2 Å². The molecule has 0 aliphatic heterocycles. The summed E-state index contributed by atoms with van der Waals surface area (Å²) >= 11 is 0. The molecule has 0 spiro atoms. The summed E-state index contributed by atoms with van der Waals surface area (Å²) in [5, 5.41) is 3.72. The first-order valence-corrected chi connectivity index (χ1v) is 4.81. The van der Waals surface area contributed by atoms with Gasteiger partial charge < -0.3 is 5.73 Å². The molecule has 4 heteroatoms. The number of carbonyl (C=O) groups excluding carboxylic acids is 1. The Morgan fingerprint density at radius 3 is 2.80 bits per heavy atom. The van der Waals surface area contributed by atoms with Gasteiger partial charge in [-0.1, -0.05) is 37.3 Å². The summed E-state index contributed by atoms with van der Waals surface area (Å²) in [5.74, 6) is 0.263. The van der Waals surface area contributed by atoms with Crippen molar-refractivity contribution in [2.24, 2.45) is 16.8 Å². The van der Waals surface area contributed by atoms with E-state index in [-0.39, 0.29) is 5.92 Å². The van der Waals surface area contributed by atoms with E-state index in [0.717, 1.165) is 6.42 Å². The van der Waals surface area contributed by atoms with Crippen LogP contribution in [0.1, 0.15) is 12.5 Å². The largest absolute Gasteiger partial charge is 0.350 e. The van der Waals surface area contributed by atoms with Gasteiger partial charge >= 0.3 is 6.03 Å². The van der Waals surface area contributed by atoms with E-state index in [9.17, 15) is 4.79 Å². The second-order valence-corrected chi connectivity index (χ2v) is 3.42. The minimum absolute atomic E-state index is 0.263. The molecule has 0 radical (unpaired) electrons. The molecule has 1 atom stereocenters. The normalized spacial score (nSPS) is 12.6. The fourth-order valence-corrected chi connectivity index (χ4v) is 1.27. The number of rotatable bonds is 4. The minimum Gasteiger partial charge on any atom is -0.350 e. The predicted octanol–water partition coefficient (Wildman–Crippen LogP) is 1.52. The zero-order valence-electron chi connectivity index (χ0n) is 8.68. The number of nitrogens with zero attached hydrogens (tertiary/aromatic N) is 1. The van der Waals surface area contributed by atoms with Crippen molar-refractivity contribution in [1.29, 1.82) is 0 Å². The highest BCUT2D eigenvalue weighted by Gasteiger charge is 1.99. The summed E-state index contributed by atoms with van der Waals surface area (Å²) in [6.07, 6.45) is 2.57. The van der Waals surface area contributed by atoms with Gasteiger partial charge in [0.25, 0.3) is 0 Å². The van der Waals surface area contributed by atoms with Crippen LogP contribution in [0.3, 0.4) is 0 Å². The number of urea groups is 1. The van der Waals surface area contributed by atoms with E-state index in [1.807, 2.05) is 25.1 Å². The van der Waals surface area contributed by atoms with Gasteiger partial charge in [0.1, 0.15) is 0 Å². The van der Waals surface area contributed by atoms with E-state index >= 15 is 0 Å². The average Bonchev–Trinajstić information content (AvgIpc) is 2.18. The molecule has 3 N–H and O–H groups in total. The smallest absolute Gasteiger partial charge is 0.332 e. The molecule has 0 saturated carbocycles. The molecule has 1 aromatic carbocycles. The summed E-state index contributed by atoms with van der Waals surface area (Å²) in [6, 6.07) is 9.47. The lowest BCUT2D eigenvalue weighted by molar-refractivity contribution is 0.249. The van der Waals surface area contributed by atoms with E-state index in [4.69, 9.17) is 5.73 Å². The Morgan fingerprint density at radius 1 is 1.53 bits per heavy atom. The number of amides is 2. The van der Waals surface area contributed by atoms with Crippen molar-refractivity contribution in [3.63, 3.8) is 0 Å². The Kier molecular flexibility index (Phi) is 4.34. The van der Waals surface area contributed by atoms with Gasteiger partial charge in [0.05, 0.1) is 0 Å². The first-order chi connectivity index (χ1) is 7.18. The van der Waals surface area contributed by atoms with Crippen molar-refractivity contribution in [3.05, 3.63) is 35.9 Å². The molecule has 1 rings (SSSR count). The zero-order valence-corrected chi connectivity index (χ0v) is 8.68. The Balaban J connectivity index is 2.39. The van der Waals surface area contributed by atoms with Crippen LogP contribution in [0, 0.1) is 5.92 Å². The molecule has 0 aliphatic rings. The van der Waals surface area contributed by atoms with E-state index < -0.39 is 6.03 Å². The standard InChI is InChI=1S/C11H15N3O/c1-9(8-13-14-11(12)15)7-10-5-3-2-4-6-10/h2-6,8-9H,7H2,1H3,(H3,12,14,15). The monoisotopic (exact) mass is 205 g/mol. The van der Waals surface area contributed by atoms with Crippen molar-refractivity contribution < 1.29 is 4.79 Å². The maximum Gasteiger partial charge on any atom is 0.332 e. The quantitative estimate of drug-likeness (QED) is 0.568. The highest BCUT2D eigenvalue weighted by molar-refractivity contribution is 5.73. The molecule has 2 amide bonds. The lowest BCUT2D eigenvalue weighted by atomic mass is 10.0. The summed E-state index contributed by atoms with van der Waals surface area (Å²) in [6.45, 7) is 2.03. The molecule has 4 nitrogen and oxygen atoms in total. The summed E-state index contributed by atoms with van der Waals surface area (Å²) in [4.78, 5) is 10.3. The van der Waals surface area contributed by atoms with Crippen molar-refractivity contribution in [1.82, 2.24) is 5.43 Å². The van der Waals surface area contributed by atoms with Crippen molar-refractivity contribution >= 4 is 12.2 Å². The van der Waals surface area contributed by atoms with Gasteiger partial charge in [-0.3, -0.25) is 0 Å². The van der Waals surface area contributed by atoms with E-state index in [1.165, 1.54) is 5.56 Å². The maximum atomic E-state index is 10.3. The molecule has 15 heavy (non-hydrogen) atoms. The number of hydrogen-bond donors (Lipinski definition) is 2. The third kappa shape index (κ3) is 4.81. The minimum atomic E-state index is -0.641. The molecule has 0 heterocycles. The number of nitrogens with one attached hydrogen (secondary N) is 1. The van der Waals surface area contributed by atoms with Gasteiger partial charge in [-0.25, -0.2) is 10.2 Å². The molecule has 1 aromatic rings. The first kappa shape index (κ1) is 11.2. The molecule has 0 aliphatic carbocycles. The van der Waals surface area contributed by atoms with Crippen LogP contribution in [0.5, 0.6) is 0 Å². The molecule has 0 fully saturated rings. The van der Waals surface area contributed by atoms with Gasteiger partial charge in [0.15, 0.2) is 0 Å². The van der Waals surface area contributed by atoms with Crippen LogP contribution >= 0.6 is 0 Å². The first-order valence-electron chi connectivity index (χ1n) is 4.81. The number of primary amides is 1. The third-order valence-electron chi connectivity index (χ3n) is 1.90. The van der Waals surface area contributed by atoms with Gasteiger partial charge in [-0.05, 0) is 17.9 Å². The molecule has 0 saturated heterocycles. The number of benzene rings is 1. The second-order valence-electron chi connectivity index (χ2n) is 3.42. The summed E-state index contributed by atoms with van der Waals surface area (Å²) in [7, 11) is 0. The predicted molar refractivity (Wildman–Crippen MR) is 60.5 cm³/mol. The molecular weight excluding hydrogens is 190 g/mol. The van der Waals surface area contributed by atoms with Gasteiger partial charge in [0, 0.05) is 6.21 Å². The number of hydrogen-bond acceptors (Lipinski definition) is 2. The van der Waals surface area contributed by atoms with Crippen LogP contribution in [0.2, 0.25) is 0 Å². The van der Waals surface area contributed by atoms with E-state index in [1.54, 1.807) is 6.21 Å². The maximum absolute atomic E-state index is 10.3. The topological polar surface area (TPSA) is 67.5 Å². The molecular formula is C11H15N3O. The van der Waals surface area contributed by atoms with E-state index in [2.05, 4.69) is 22.7 Å². The number of hydrazone groups is 1. The Bertz CT molecular complexity index is 335.